The van der Waals surface area contributed by atoms with Crippen molar-refractivity contribution in [3.05, 3.63) is 89.4 Å². The minimum absolute atomic E-state index is 0.0173. The molecule has 7 nitrogen and oxygen atoms in total. The first kappa shape index (κ1) is 22.8. The predicted molar refractivity (Wildman–Crippen MR) is 125 cm³/mol. The van der Waals surface area contributed by atoms with Gasteiger partial charge in [-0.2, -0.15) is 0 Å². The van der Waals surface area contributed by atoms with Crippen LogP contribution in [0.25, 0.3) is 5.57 Å². The molecule has 174 valence electrons. The average molecular weight is 462 g/mol. The van der Waals surface area contributed by atoms with Crippen molar-refractivity contribution < 1.29 is 28.2 Å². The molecular formula is C26H23FN2O5. The van der Waals surface area contributed by atoms with Crippen molar-refractivity contribution >= 4 is 23.1 Å². The minimum atomic E-state index is -0.509. The van der Waals surface area contributed by atoms with E-state index in [9.17, 15) is 14.0 Å². The third-order valence-corrected chi connectivity index (χ3v) is 5.47. The molecule has 2 amide bonds. The van der Waals surface area contributed by atoms with E-state index < -0.39 is 17.6 Å². The van der Waals surface area contributed by atoms with Crippen molar-refractivity contribution in [3.8, 4) is 17.2 Å². The Labute approximate surface area is 196 Å². The maximum absolute atomic E-state index is 13.6. The van der Waals surface area contributed by atoms with Crippen molar-refractivity contribution in [1.82, 2.24) is 4.90 Å². The van der Waals surface area contributed by atoms with Gasteiger partial charge in [-0.15, -0.1) is 0 Å². The van der Waals surface area contributed by atoms with Gasteiger partial charge in [-0.1, -0.05) is 30.3 Å². The van der Waals surface area contributed by atoms with E-state index >= 15 is 0 Å². The zero-order valence-electron chi connectivity index (χ0n) is 18.9. The molecule has 1 aliphatic heterocycles. The Morgan fingerprint density at radius 2 is 1.47 bits per heavy atom. The van der Waals surface area contributed by atoms with Gasteiger partial charge >= 0.3 is 0 Å². The van der Waals surface area contributed by atoms with Crippen LogP contribution in [0.4, 0.5) is 10.1 Å². The minimum Gasteiger partial charge on any atom is -0.496 e. The van der Waals surface area contributed by atoms with Crippen molar-refractivity contribution in [2.45, 2.75) is 6.54 Å². The van der Waals surface area contributed by atoms with Gasteiger partial charge in [-0.05, 0) is 35.9 Å². The number of carbonyl (C=O) groups is 2. The maximum atomic E-state index is 13.6. The van der Waals surface area contributed by atoms with Crippen LogP contribution in [-0.2, 0) is 16.1 Å². The number of rotatable bonds is 8. The Bertz CT molecular complexity index is 1270. The van der Waals surface area contributed by atoms with E-state index in [1.165, 1.54) is 45.6 Å². The molecule has 3 aromatic rings. The fourth-order valence-corrected chi connectivity index (χ4v) is 3.78. The number of para-hydroxylation sites is 1. The first-order chi connectivity index (χ1) is 16.5. The van der Waals surface area contributed by atoms with E-state index in [0.717, 1.165) is 4.90 Å². The smallest absolute Gasteiger partial charge is 0.278 e. The summed E-state index contributed by atoms with van der Waals surface area (Å²) in [5.41, 5.74) is 1.85. The summed E-state index contributed by atoms with van der Waals surface area (Å²) in [6.07, 6.45) is 0. The summed E-state index contributed by atoms with van der Waals surface area (Å²) in [4.78, 5) is 28.1. The number of amides is 2. The molecule has 0 aromatic heterocycles. The average Bonchev–Trinajstić information content (AvgIpc) is 3.09. The predicted octanol–water partition coefficient (Wildman–Crippen LogP) is 4.24. The summed E-state index contributed by atoms with van der Waals surface area (Å²) in [6, 6.07) is 17.7. The molecule has 1 heterocycles. The maximum Gasteiger partial charge on any atom is 0.278 e. The summed E-state index contributed by atoms with van der Waals surface area (Å²) < 4.78 is 29.5. The molecule has 1 N–H and O–H groups in total. The Morgan fingerprint density at radius 3 is 2.15 bits per heavy atom. The van der Waals surface area contributed by atoms with Gasteiger partial charge in [0.25, 0.3) is 11.8 Å². The number of ether oxygens (including phenoxy) is 3. The standard InChI is InChI=1S/C26H23FN2O5/c1-32-20-7-5-4-6-17(20)15-29-25(30)23(16-8-10-18(27)11-9-16)24(26(29)31)28-19-12-13-21(33-2)22(14-19)34-3/h4-14,28H,15H2,1-3H3. The number of hydrogen-bond acceptors (Lipinski definition) is 6. The monoisotopic (exact) mass is 462 g/mol. The van der Waals surface area contributed by atoms with Gasteiger partial charge < -0.3 is 19.5 Å². The third kappa shape index (κ3) is 4.30. The van der Waals surface area contributed by atoms with Crippen LogP contribution >= 0.6 is 0 Å². The van der Waals surface area contributed by atoms with Gasteiger partial charge in [0.1, 0.15) is 17.3 Å². The Kier molecular flexibility index (Phi) is 6.49. The lowest BCUT2D eigenvalue weighted by atomic mass is 10.0. The van der Waals surface area contributed by atoms with E-state index in [1.54, 1.807) is 36.4 Å². The number of benzene rings is 3. The third-order valence-electron chi connectivity index (χ3n) is 5.47. The number of nitrogens with one attached hydrogen (secondary N) is 1. The van der Waals surface area contributed by atoms with Gasteiger partial charge in [0.2, 0.25) is 0 Å². The second-order valence-electron chi connectivity index (χ2n) is 7.46. The quantitative estimate of drug-likeness (QED) is 0.505. The van der Waals surface area contributed by atoms with Crippen LogP contribution in [0.15, 0.2) is 72.4 Å². The molecule has 0 bridgehead atoms. The molecule has 1 aliphatic rings. The fourth-order valence-electron chi connectivity index (χ4n) is 3.78. The number of halogens is 1. The van der Waals surface area contributed by atoms with Crippen molar-refractivity contribution in [2.24, 2.45) is 0 Å². The zero-order valence-corrected chi connectivity index (χ0v) is 18.9. The van der Waals surface area contributed by atoms with Crippen LogP contribution in [0, 0.1) is 5.82 Å². The highest BCUT2D eigenvalue weighted by atomic mass is 19.1. The molecule has 0 saturated heterocycles. The molecule has 4 rings (SSSR count). The van der Waals surface area contributed by atoms with Crippen LogP contribution in [0.3, 0.4) is 0 Å². The molecule has 0 atom stereocenters. The molecule has 0 radical (unpaired) electrons. The lowest BCUT2D eigenvalue weighted by Gasteiger charge is -2.17. The van der Waals surface area contributed by atoms with Gasteiger partial charge in [-0.3, -0.25) is 14.5 Å². The lowest BCUT2D eigenvalue weighted by Crippen LogP contribution is -2.32. The summed E-state index contributed by atoms with van der Waals surface area (Å²) in [7, 11) is 4.55. The van der Waals surface area contributed by atoms with Crippen LogP contribution < -0.4 is 19.5 Å². The second-order valence-corrected chi connectivity index (χ2v) is 7.46. The van der Waals surface area contributed by atoms with E-state index in [2.05, 4.69) is 5.32 Å². The largest absolute Gasteiger partial charge is 0.496 e. The van der Waals surface area contributed by atoms with Gasteiger partial charge in [0, 0.05) is 17.3 Å². The van der Waals surface area contributed by atoms with Gasteiger partial charge in [0.05, 0.1) is 33.4 Å². The summed E-state index contributed by atoms with van der Waals surface area (Å²) >= 11 is 0. The number of anilines is 1. The molecule has 34 heavy (non-hydrogen) atoms. The van der Waals surface area contributed by atoms with Gasteiger partial charge in [-0.25, -0.2) is 4.39 Å². The SMILES string of the molecule is COc1ccccc1CN1C(=O)C(Nc2ccc(OC)c(OC)c2)=C(c2ccc(F)cc2)C1=O. The Hall–Kier alpha value is -4.33. The number of imide groups is 1. The first-order valence-corrected chi connectivity index (χ1v) is 10.4. The van der Waals surface area contributed by atoms with Gasteiger partial charge in [0.15, 0.2) is 11.5 Å². The number of hydrogen-bond donors (Lipinski definition) is 1. The molecule has 0 spiro atoms. The van der Waals surface area contributed by atoms with Crippen molar-refractivity contribution in [1.29, 1.82) is 0 Å². The normalized spacial score (nSPS) is 13.4. The molecule has 0 unspecified atom stereocenters. The molecule has 8 heteroatoms. The van der Waals surface area contributed by atoms with E-state index in [-0.39, 0.29) is 17.8 Å². The van der Waals surface area contributed by atoms with Crippen LogP contribution in [0.1, 0.15) is 11.1 Å². The molecule has 0 saturated carbocycles. The summed E-state index contributed by atoms with van der Waals surface area (Å²) in [6.45, 7) is 0.0173. The fraction of sp³-hybridized carbons (Fsp3) is 0.154. The summed E-state index contributed by atoms with van der Waals surface area (Å²) in [5, 5.41) is 3.06. The van der Waals surface area contributed by atoms with Crippen molar-refractivity contribution in [2.75, 3.05) is 26.6 Å². The first-order valence-electron chi connectivity index (χ1n) is 10.4. The molecule has 0 aliphatic carbocycles. The topological polar surface area (TPSA) is 77.1 Å². The molecule has 0 fully saturated rings. The Balaban J connectivity index is 1.75. The number of methoxy groups -OCH3 is 3. The molecule has 3 aromatic carbocycles. The van der Waals surface area contributed by atoms with Crippen molar-refractivity contribution in [3.63, 3.8) is 0 Å². The van der Waals surface area contributed by atoms with Crippen LogP contribution in [0.2, 0.25) is 0 Å². The lowest BCUT2D eigenvalue weighted by molar-refractivity contribution is -0.137. The zero-order chi connectivity index (χ0) is 24.2. The van der Waals surface area contributed by atoms with Crippen LogP contribution in [0.5, 0.6) is 17.2 Å². The number of nitrogens with zero attached hydrogens (tertiary/aromatic N) is 1. The van der Waals surface area contributed by atoms with E-state index in [1.807, 2.05) is 6.07 Å². The van der Waals surface area contributed by atoms with E-state index in [0.29, 0.717) is 34.1 Å². The number of carbonyl (C=O) groups excluding carboxylic acids is 2. The molecular weight excluding hydrogens is 439 g/mol. The van der Waals surface area contributed by atoms with Crippen LogP contribution in [-0.4, -0.2) is 38.0 Å². The highest BCUT2D eigenvalue weighted by Crippen LogP contribution is 2.35. The summed E-state index contributed by atoms with van der Waals surface area (Å²) in [5.74, 6) is 0.0936. The highest BCUT2D eigenvalue weighted by Gasteiger charge is 2.39. The Morgan fingerprint density at radius 1 is 0.794 bits per heavy atom. The highest BCUT2D eigenvalue weighted by molar-refractivity contribution is 6.36. The second kappa shape index (κ2) is 9.66. The van der Waals surface area contributed by atoms with E-state index in [4.69, 9.17) is 14.2 Å².